The number of hydrogen-bond donors (Lipinski definition) is 0. The van der Waals surface area contributed by atoms with Gasteiger partial charge in [-0.1, -0.05) is 18.2 Å². The number of nitrogens with zero attached hydrogens (tertiary/aromatic N) is 2. The number of benzene rings is 1. The molecule has 0 unspecified atom stereocenters. The van der Waals surface area contributed by atoms with Gasteiger partial charge in [0.2, 0.25) is 9.05 Å². The molecule has 0 fully saturated rings. The standard InChI is InChI=1S/C9H7ClN2O2S/c10-15(13,14)6-8-3-1-2-7-4-11-12-5-9(7)8/h1-5H,6H2. The molecule has 0 aliphatic carbocycles. The molecule has 0 saturated heterocycles. The molecule has 1 heterocycles. The number of rotatable bonds is 2. The van der Waals surface area contributed by atoms with Crippen molar-refractivity contribution >= 4 is 30.5 Å². The lowest BCUT2D eigenvalue weighted by molar-refractivity contribution is 0.609. The van der Waals surface area contributed by atoms with Gasteiger partial charge in [0.1, 0.15) is 0 Å². The van der Waals surface area contributed by atoms with Crippen LogP contribution in [-0.2, 0) is 14.8 Å². The lowest BCUT2D eigenvalue weighted by atomic mass is 10.1. The van der Waals surface area contributed by atoms with Crippen molar-refractivity contribution in [1.29, 1.82) is 0 Å². The van der Waals surface area contributed by atoms with Crippen molar-refractivity contribution in [2.75, 3.05) is 0 Å². The van der Waals surface area contributed by atoms with Crippen LogP contribution in [-0.4, -0.2) is 18.6 Å². The molecular formula is C9H7ClN2O2S. The molecule has 0 atom stereocenters. The monoisotopic (exact) mass is 242 g/mol. The van der Waals surface area contributed by atoms with Gasteiger partial charge in [0.25, 0.3) is 0 Å². The molecule has 1 aromatic heterocycles. The van der Waals surface area contributed by atoms with Crippen molar-refractivity contribution in [3.63, 3.8) is 0 Å². The van der Waals surface area contributed by atoms with Gasteiger partial charge in [0.05, 0.1) is 18.1 Å². The zero-order chi connectivity index (χ0) is 10.9. The molecule has 2 rings (SSSR count). The Morgan fingerprint density at radius 2 is 1.93 bits per heavy atom. The molecule has 2 aromatic rings. The molecule has 15 heavy (non-hydrogen) atoms. The van der Waals surface area contributed by atoms with Crippen LogP contribution in [0.3, 0.4) is 0 Å². The Balaban J connectivity index is 2.61. The van der Waals surface area contributed by atoms with Gasteiger partial charge in [-0.15, -0.1) is 0 Å². The molecular weight excluding hydrogens is 236 g/mol. The SMILES string of the molecule is O=S(=O)(Cl)Cc1cccc2cnncc12. The molecule has 4 nitrogen and oxygen atoms in total. The third kappa shape index (κ3) is 2.43. The van der Waals surface area contributed by atoms with Crippen LogP contribution in [0, 0.1) is 0 Å². The topological polar surface area (TPSA) is 59.9 Å². The minimum Gasteiger partial charge on any atom is -0.212 e. The van der Waals surface area contributed by atoms with Gasteiger partial charge in [-0.05, 0) is 5.56 Å². The molecule has 0 saturated carbocycles. The minimum atomic E-state index is -3.54. The molecule has 1 aromatic carbocycles. The number of halogens is 1. The number of aromatic nitrogens is 2. The van der Waals surface area contributed by atoms with Crippen LogP contribution < -0.4 is 0 Å². The molecule has 0 bridgehead atoms. The highest BCUT2D eigenvalue weighted by atomic mass is 35.7. The minimum absolute atomic E-state index is 0.197. The van der Waals surface area contributed by atoms with Gasteiger partial charge < -0.3 is 0 Å². The van der Waals surface area contributed by atoms with E-state index in [9.17, 15) is 8.42 Å². The Kier molecular flexibility index (Phi) is 2.58. The summed E-state index contributed by atoms with van der Waals surface area (Å²) in [5, 5.41) is 9.04. The van der Waals surface area contributed by atoms with Crippen molar-refractivity contribution in [1.82, 2.24) is 10.2 Å². The highest BCUT2D eigenvalue weighted by molar-refractivity contribution is 8.13. The molecule has 0 aliphatic heterocycles. The van der Waals surface area contributed by atoms with E-state index in [4.69, 9.17) is 10.7 Å². The summed E-state index contributed by atoms with van der Waals surface area (Å²) in [6, 6.07) is 5.32. The van der Waals surface area contributed by atoms with E-state index in [1.165, 1.54) is 6.20 Å². The van der Waals surface area contributed by atoms with Gasteiger partial charge in [-0.3, -0.25) is 0 Å². The lowest BCUT2D eigenvalue weighted by Crippen LogP contribution is -1.96. The first-order valence-electron chi connectivity index (χ1n) is 4.17. The van der Waals surface area contributed by atoms with Crippen LogP contribution in [0.4, 0.5) is 0 Å². The lowest BCUT2D eigenvalue weighted by Gasteiger charge is -2.02. The summed E-state index contributed by atoms with van der Waals surface area (Å²) in [4.78, 5) is 0. The highest BCUT2D eigenvalue weighted by Gasteiger charge is 2.09. The van der Waals surface area contributed by atoms with Gasteiger partial charge in [0, 0.05) is 21.5 Å². The number of hydrogen-bond acceptors (Lipinski definition) is 4. The fraction of sp³-hybridized carbons (Fsp3) is 0.111. The first-order valence-corrected chi connectivity index (χ1v) is 6.65. The van der Waals surface area contributed by atoms with E-state index < -0.39 is 9.05 Å². The molecule has 0 amide bonds. The third-order valence-electron chi connectivity index (χ3n) is 2.01. The van der Waals surface area contributed by atoms with E-state index >= 15 is 0 Å². The Bertz CT molecular complexity index is 593. The normalized spacial score (nSPS) is 11.8. The second-order valence-corrected chi connectivity index (χ2v) is 5.87. The highest BCUT2D eigenvalue weighted by Crippen LogP contribution is 2.19. The van der Waals surface area contributed by atoms with Crippen LogP contribution in [0.15, 0.2) is 30.6 Å². The van der Waals surface area contributed by atoms with Crippen molar-refractivity contribution in [3.05, 3.63) is 36.2 Å². The largest absolute Gasteiger partial charge is 0.236 e. The first-order chi connectivity index (χ1) is 7.06. The first kappa shape index (κ1) is 10.3. The van der Waals surface area contributed by atoms with Gasteiger partial charge >= 0.3 is 0 Å². The molecule has 0 radical (unpaired) electrons. The van der Waals surface area contributed by atoms with Crippen molar-refractivity contribution < 1.29 is 8.42 Å². The average Bonchev–Trinajstić information content (AvgIpc) is 2.16. The van der Waals surface area contributed by atoms with Crippen LogP contribution >= 0.6 is 10.7 Å². The fourth-order valence-electron chi connectivity index (χ4n) is 1.40. The Morgan fingerprint density at radius 1 is 1.20 bits per heavy atom. The Hall–Kier alpha value is -1.20. The predicted molar refractivity (Wildman–Crippen MR) is 58.0 cm³/mol. The van der Waals surface area contributed by atoms with Crippen LogP contribution in [0.1, 0.15) is 5.56 Å². The van der Waals surface area contributed by atoms with Crippen molar-refractivity contribution in [3.8, 4) is 0 Å². The van der Waals surface area contributed by atoms with Crippen LogP contribution in [0.2, 0.25) is 0 Å². The number of fused-ring (bicyclic) bond motifs is 1. The van der Waals surface area contributed by atoms with E-state index in [0.717, 1.165) is 10.8 Å². The molecule has 78 valence electrons. The Morgan fingerprint density at radius 3 is 2.67 bits per heavy atom. The van der Waals surface area contributed by atoms with Gasteiger partial charge in [-0.25, -0.2) is 8.42 Å². The second kappa shape index (κ2) is 3.75. The van der Waals surface area contributed by atoms with Crippen LogP contribution in [0.25, 0.3) is 10.8 Å². The summed E-state index contributed by atoms with van der Waals surface area (Å²) in [7, 11) is 1.66. The van der Waals surface area contributed by atoms with Crippen molar-refractivity contribution in [2.24, 2.45) is 0 Å². The van der Waals surface area contributed by atoms with E-state index in [-0.39, 0.29) is 5.75 Å². The maximum Gasteiger partial charge on any atom is 0.236 e. The maximum atomic E-state index is 11.0. The summed E-state index contributed by atoms with van der Waals surface area (Å²) in [6.45, 7) is 0. The van der Waals surface area contributed by atoms with Gasteiger partial charge in [-0.2, -0.15) is 10.2 Å². The van der Waals surface area contributed by atoms with E-state index in [1.54, 1.807) is 18.3 Å². The summed E-state index contributed by atoms with van der Waals surface area (Å²) in [5.41, 5.74) is 0.636. The average molecular weight is 243 g/mol. The van der Waals surface area contributed by atoms with Crippen molar-refractivity contribution in [2.45, 2.75) is 5.75 Å². The van der Waals surface area contributed by atoms with Crippen LogP contribution in [0.5, 0.6) is 0 Å². The molecule has 0 N–H and O–H groups in total. The summed E-state index contributed by atoms with van der Waals surface area (Å²) in [5.74, 6) is -0.197. The summed E-state index contributed by atoms with van der Waals surface area (Å²) >= 11 is 0. The third-order valence-corrected chi connectivity index (χ3v) is 2.99. The molecule has 6 heteroatoms. The summed E-state index contributed by atoms with van der Waals surface area (Å²) < 4.78 is 21.9. The quantitative estimate of drug-likeness (QED) is 0.752. The van der Waals surface area contributed by atoms with E-state index in [0.29, 0.717) is 5.56 Å². The Labute approximate surface area is 91.3 Å². The zero-order valence-corrected chi connectivity index (χ0v) is 9.16. The predicted octanol–water partition coefficient (Wildman–Crippen LogP) is 1.70. The molecule has 0 spiro atoms. The zero-order valence-electron chi connectivity index (χ0n) is 7.59. The summed E-state index contributed by atoms with van der Waals surface area (Å²) in [6.07, 6.45) is 3.12. The molecule has 0 aliphatic rings. The fourth-order valence-corrected chi connectivity index (χ4v) is 2.38. The van der Waals surface area contributed by atoms with E-state index in [2.05, 4.69) is 10.2 Å². The van der Waals surface area contributed by atoms with E-state index in [1.807, 2.05) is 6.07 Å². The maximum absolute atomic E-state index is 11.0. The van der Waals surface area contributed by atoms with Gasteiger partial charge in [0.15, 0.2) is 0 Å². The smallest absolute Gasteiger partial charge is 0.212 e. The second-order valence-electron chi connectivity index (χ2n) is 3.09.